The number of carbonyl (C=O) groups excluding carboxylic acids is 1. The van der Waals surface area contributed by atoms with E-state index in [9.17, 15) is 9.59 Å². The zero-order valence-electron chi connectivity index (χ0n) is 18.9. The van der Waals surface area contributed by atoms with Crippen molar-refractivity contribution in [1.82, 2.24) is 20.6 Å². The molecule has 180 valence electrons. The topological polar surface area (TPSA) is 137 Å². The largest absolute Gasteiger partial charge is 0.494 e. The molecule has 0 bridgehead atoms. The summed E-state index contributed by atoms with van der Waals surface area (Å²) in [7, 11) is 0. The number of carbonyl (C=O) groups is 1. The van der Waals surface area contributed by atoms with Crippen molar-refractivity contribution in [2.24, 2.45) is 0 Å². The summed E-state index contributed by atoms with van der Waals surface area (Å²) >= 11 is 5.68. The SMILES string of the molecule is Nc1c(-c2nnn[nH]2)oc2cccc(C(=O)C=Cc3ccc(OCCCCCCCl)cc3)c2c1=O. The number of anilines is 1. The molecule has 2 aromatic heterocycles. The Balaban J connectivity index is 1.47. The minimum Gasteiger partial charge on any atom is -0.494 e. The number of ketones is 1. The smallest absolute Gasteiger partial charge is 0.217 e. The summed E-state index contributed by atoms with van der Waals surface area (Å²) in [6.07, 6.45) is 7.29. The number of unbranched alkanes of at least 4 members (excludes halogenated alkanes) is 3. The van der Waals surface area contributed by atoms with Crippen molar-refractivity contribution < 1.29 is 13.9 Å². The highest BCUT2D eigenvalue weighted by Gasteiger charge is 2.20. The zero-order chi connectivity index (χ0) is 24.6. The first kappa shape index (κ1) is 24.2. The molecule has 0 aliphatic carbocycles. The number of aromatic nitrogens is 4. The molecule has 4 rings (SSSR count). The Morgan fingerprint density at radius 2 is 1.91 bits per heavy atom. The summed E-state index contributed by atoms with van der Waals surface area (Å²) in [5.41, 5.74) is 6.49. The molecule has 0 amide bonds. The van der Waals surface area contributed by atoms with Crippen molar-refractivity contribution in [3.63, 3.8) is 0 Å². The van der Waals surface area contributed by atoms with Gasteiger partial charge in [-0.15, -0.1) is 16.7 Å². The quantitative estimate of drug-likeness (QED) is 0.133. The third-order valence-electron chi connectivity index (χ3n) is 5.38. The molecule has 0 unspecified atom stereocenters. The van der Waals surface area contributed by atoms with Crippen molar-refractivity contribution in [3.05, 3.63) is 69.9 Å². The van der Waals surface area contributed by atoms with Gasteiger partial charge in [-0.1, -0.05) is 43.2 Å². The van der Waals surface area contributed by atoms with E-state index in [1.165, 1.54) is 6.08 Å². The minimum absolute atomic E-state index is 0.0187. The lowest BCUT2D eigenvalue weighted by atomic mass is 10.0. The zero-order valence-corrected chi connectivity index (χ0v) is 19.6. The Morgan fingerprint density at radius 3 is 2.66 bits per heavy atom. The first-order valence-electron chi connectivity index (χ1n) is 11.2. The van der Waals surface area contributed by atoms with Crippen LogP contribution in [0.5, 0.6) is 5.75 Å². The summed E-state index contributed by atoms with van der Waals surface area (Å²) in [5.74, 6) is 1.25. The van der Waals surface area contributed by atoms with Crippen LogP contribution in [-0.4, -0.2) is 38.9 Å². The summed E-state index contributed by atoms with van der Waals surface area (Å²) < 4.78 is 11.5. The standard InChI is InChI=1S/C25H24ClN5O4/c26-14-3-1-2-4-15-34-17-11-8-16(9-12-17)10-13-19(32)18-6-5-7-20-21(18)23(33)22(27)24(35-20)25-28-30-31-29-25/h5-13H,1-4,14-15,27H2,(H,28,29,30,31). The number of nitrogens with two attached hydrogens (primary N) is 1. The molecule has 4 aromatic rings. The number of halogens is 1. The van der Waals surface area contributed by atoms with Crippen LogP contribution in [0.2, 0.25) is 0 Å². The van der Waals surface area contributed by atoms with E-state index in [0.29, 0.717) is 12.5 Å². The number of ether oxygens (including phenoxy) is 1. The molecule has 9 nitrogen and oxygen atoms in total. The third kappa shape index (κ3) is 5.75. The number of H-pyrrole nitrogens is 1. The van der Waals surface area contributed by atoms with Crippen molar-refractivity contribution in [3.8, 4) is 17.3 Å². The van der Waals surface area contributed by atoms with Crippen LogP contribution < -0.4 is 15.9 Å². The number of aromatic amines is 1. The fourth-order valence-electron chi connectivity index (χ4n) is 3.57. The van der Waals surface area contributed by atoms with Crippen molar-refractivity contribution in [2.45, 2.75) is 25.7 Å². The second-order valence-electron chi connectivity index (χ2n) is 7.82. The molecule has 35 heavy (non-hydrogen) atoms. The van der Waals surface area contributed by atoms with Crippen LogP contribution in [0.3, 0.4) is 0 Å². The molecule has 0 radical (unpaired) electrons. The van der Waals surface area contributed by atoms with Gasteiger partial charge in [0.2, 0.25) is 11.3 Å². The van der Waals surface area contributed by atoms with Crippen molar-refractivity contribution in [1.29, 1.82) is 0 Å². The second kappa shape index (κ2) is 11.4. The molecule has 0 spiro atoms. The fraction of sp³-hybridized carbons (Fsp3) is 0.240. The van der Waals surface area contributed by atoms with Crippen LogP contribution in [0.25, 0.3) is 28.6 Å². The Labute approximate surface area is 205 Å². The lowest BCUT2D eigenvalue weighted by Crippen LogP contribution is -2.13. The van der Waals surface area contributed by atoms with E-state index in [1.807, 2.05) is 24.3 Å². The van der Waals surface area contributed by atoms with E-state index in [0.717, 1.165) is 37.0 Å². The first-order valence-corrected chi connectivity index (χ1v) is 11.7. The molecule has 0 saturated heterocycles. The van der Waals surface area contributed by atoms with Crippen LogP contribution >= 0.6 is 11.6 Å². The number of allylic oxidation sites excluding steroid dienone is 1. The number of hydrogen-bond donors (Lipinski definition) is 2. The van der Waals surface area contributed by atoms with E-state index >= 15 is 0 Å². The van der Waals surface area contributed by atoms with Gasteiger partial charge < -0.3 is 14.9 Å². The van der Waals surface area contributed by atoms with Crippen molar-refractivity contribution in [2.75, 3.05) is 18.2 Å². The van der Waals surface area contributed by atoms with E-state index in [1.54, 1.807) is 24.3 Å². The molecule has 0 fully saturated rings. The first-order chi connectivity index (χ1) is 17.1. The normalized spacial score (nSPS) is 11.3. The van der Waals surface area contributed by atoms with Crippen LogP contribution in [0, 0.1) is 0 Å². The molecule has 2 aromatic carbocycles. The van der Waals surface area contributed by atoms with Gasteiger partial charge in [0.15, 0.2) is 11.5 Å². The predicted octanol–water partition coefficient (Wildman–Crippen LogP) is 4.63. The van der Waals surface area contributed by atoms with Gasteiger partial charge in [0.05, 0.1) is 12.0 Å². The van der Waals surface area contributed by atoms with E-state index in [-0.39, 0.29) is 39.6 Å². The third-order valence-corrected chi connectivity index (χ3v) is 5.65. The van der Waals surface area contributed by atoms with Gasteiger partial charge in [0, 0.05) is 11.4 Å². The van der Waals surface area contributed by atoms with Gasteiger partial charge in [-0.05, 0) is 53.1 Å². The molecule has 0 atom stereocenters. The molecule has 10 heteroatoms. The number of nitrogens with zero attached hydrogens (tertiary/aromatic N) is 3. The van der Waals surface area contributed by atoms with Crippen LogP contribution in [-0.2, 0) is 0 Å². The van der Waals surface area contributed by atoms with Gasteiger partial charge in [0.1, 0.15) is 17.0 Å². The lowest BCUT2D eigenvalue weighted by Gasteiger charge is -2.07. The number of nitrogens with one attached hydrogen (secondary N) is 1. The monoisotopic (exact) mass is 493 g/mol. The predicted molar refractivity (Wildman–Crippen MR) is 135 cm³/mol. The van der Waals surface area contributed by atoms with Gasteiger partial charge in [0.25, 0.3) is 0 Å². The van der Waals surface area contributed by atoms with Gasteiger partial charge in [-0.2, -0.15) is 0 Å². The second-order valence-corrected chi connectivity index (χ2v) is 8.20. The van der Waals surface area contributed by atoms with E-state index in [2.05, 4.69) is 20.6 Å². The number of tetrazole rings is 1. The number of nitrogen functional groups attached to an aromatic ring is 1. The van der Waals surface area contributed by atoms with Crippen molar-refractivity contribution >= 4 is 40.1 Å². The number of fused-ring (bicyclic) bond motifs is 1. The maximum atomic E-state index is 13.0. The molecular formula is C25H24ClN5O4. The molecule has 0 aliphatic rings. The molecule has 0 saturated carbocycles. The Hall–Kier alpha value is -3.98. The Kier molecular flexibility index (Phi) is 7.89. The highest BCUT2D eigenvalue weighted by Crippen LogP contribution is 2.26. The van der Waals surface area contributed by atoms with Crippen LogP contribution in [0.4, 0.5) is 5.69 Å². The average molecular weight is 494 g/mol. The molecule has 2 heterocycles. The van der Waals surface area contributed by atoms with Gasteiger partial charge >= 0.3 is 0 Å². The van der Waals surface area contributed by atoms with Crippen LogP contribution in [0.1, 0.15) is 41.6 Å². The van der Waals surface area contributed by atoms with Gasteiger partial charge in [-0.25, -0.2) is 5.10 Å². The summed E-state index contributed by atoms with van der Waals surface area (Å²) in [5, 5.41) is 13.3. The number of benzene rings is 2. The highest BCUT2D eigenvalue weighted by molar-refractivity contribution is 6.17. The van der Waals surface area contributed by atoms with E-state index < -0.39 is 5.43 Å². The average Bonchev–Trinajstić information content (AvgIpc) is 3.42. The number of alkyl halides is 1. The molecule has 3 N–H and O–H groups in total. The maximum absolute atomic E-state index is 13.0. The Morgan fingerprint density at radius 1 is 1.11 bits per heavy atom. The Bertz CT molecular complexity index is 1380. The summed E-state index contributed by atoms with van der Waals surface area (Å²) in [6, 6.07) is 12.2. The van der Waals surface area contributed by atoms with Gasteiger partial charge in [-0.3, -0.25) is 9.59 Å². The fourth-order valence-corrected chi connectivity index (χ4v) is 3.76. The minimum atomic E-state index is -0.529. The number of hydrogen-bond acceptors (Lipinski definition) is 8. The number of rotatable bonds is 11. The maximum Gasteiger partial charge on any atom is 0.217 e. The van der Waals surface area contributed by atoms with E-state index in [4.69, 9.17) is 26.5 Å². The lowest BCUT2D eigenvalue weighted by molar-refractivity contribution is 0.104. The highest BCUT2D eigenvalue weighted by atomic mass is 35.5. The van der Waals surface area contributed by atoms with Crippen LogP contribution in [0.15, 0.2) is 57.8 Å². The molecule has 0 aliphatic heterocycles. The summed E-state index contributed by atoms with van der Waals surface area (Å²) in [6.45, 7) is 0.650. The summed E-state index contributed by atoms with van der Waals surface area (Å²) in [4.78, 5) is 25.9. The molecular weight excluding hydrogens is 470 g/mol.